The van der Waals surface area contributed by atoms with Crippen LogP contribution in [-0.4, -0.2) is 12.2 Å². The molecule has 0 amide bonds. The number of aryl methyl sites for hydroxylation is 1. The summed E-state index contributed by atoms with van der Waals surface area (Å²) in [6.45, 7) is 3.92. The van der Waals surface area contributed by atoms with Crippen molar-refractivity contribution in [2.75, 3.05) is 0 Å². The zero-order valence-electron chi connectivity index (χ0n) is 10.2. The molecule has 94 valence electrons. The predicted molar refractivity (Wildman–Crippen MR) is 64.8 cm³/mol. The average Bonchev–Trinajstić information content (AvgIpc) is 2.64. The lowest BCUT2D eigenvalue weighted by Crippen LogP contribution is -2.36. The van der Waals surface area contributed by atoms with Crippen LogP contribution in [0.4, 0.5) is 4.39 Å². The summed E-state index contributed by atoms with van der Waals surface area (Å²) < 4.78 is 19.2. The Morgan fingerprint density at radius 3 is 2.71 bits per heavy atom. The van der Waals surface area contributed by atoms with Crippen molar-refractivity contribution in [1.29, 1.82) is 0 Å². The maximum absolute atomic E-state index is 13.4. The largest absolute Gasteiger partial charge is 0.373 e. The van der Waals surface area contributed by atoms with Crippen LogP contribution in [0.2, 0.25) is 0 Å². The minimum atomic E-state index is -0.230. The second-order valence-electron chi connectivity index (χ2n) is 4.77. The van der Waals surface area contributed by atoms with Gasteiger partial charge in [-0.15, -0.1) is 0 Å². The van der Waals surface area contributed by atoms with Gasteiger partial charge in [0, 0.05) is 0 Å². The maximum Gasteiger partial charge on any atom is 0.123 e. The lowest BCUT2D eigenvalue weighted by Gasteiger charge is -2.23. The molecule has 3 unspecified atom stereocenters. The summed E-state index contributed by atoms with van der Waals surface area (Å²) in [6.07, 6.45) is 2.25. The molecular weight excluding hydrogens is 219 g/mol. The fourth-order valence-electron chi connectivity index (χ4n) is 2.44. The van der Waals surface area contributed by atoms with E-state index in [4.69, 9.17) is 10.6 Å². The number of hydrogen-bond acceptors (Lipinski definition) is 3. The highest BCUT2D eigenvalue weighted by Gasteiger charge is 2.30. The van der Waals surface area contributed by atoms with Crippen molar-refractivity contribution in [3.05, 3.63) is 35.1 Å². The lowest BCUT2D eigenvalue weighted by molar-refractivity contribution is 0.0315. The van der Waals surface area contributed by atoms with Crippen molar-refractivity contribution in [3.63, 3.8) is 0 Å². The highest BCUT2D eigenvalue weighted by Crippen LogP contribution is 2.30. The average molecular weight is 238 g/mol. The molecule has 2 rings (SSSR count). The third-order valence-corrected chi connectivity index (χ3v) is 3.24. The Balaban J connectivity index is 2.22. The Hall–Kier alpha value is -0.970. The van der Waals surface area contributed by atoms with Crippen LogP contribution in [0.15, 0.2) is 18.2 Å². The minimum Gasteiger partial charge on any atom is -0.373 e. The third-order valence-electron chi connectivity index (χ3n) is 3.24. The first-order valence-corrected chi connectivity index (χ1v) is 5.99. The Morgan fingerprint density at radius 2 is 2.18 bits per heavy atom. The summed E-state index contributed by atoms with van der Waals surface area (Å²) in [4.78, 5) is 0. The van der Waals surface area contributed by atoms with Gasteiger partial charge in [0.1, 0.15) is 5.82 Å². The van der Waals surface area contributed by atoms with Crippen LogP contribution in [0.5, 0.6) is 0 Å². The molecule has 17 heavy (non-hydrogen) atoms. The zero-order chi connectivity index (χ0) is 12.4. The number of halogens is 1. The molecule has 1 fully saturated rings. The first kappa shape index (κ1) is 12.5. The van der Waals surface area contributed by atoms with E-state index in [0.717, 1.165) is 24.0 Å². The van der Waals surface area contributed by atoms with Crippen molar-refractivity contribution in [3.8, 4) is 0 Å². The number of benzene rings is 1. The van der Waals surface area contributed by atoms with Gasteiger partial charge in [-0.05, 0) is 49.9 Å². The Labute approximate surface area is 101 Å². The zero-order valence-corrected chi connectivity index (χ0v) is 10.2. The number of hydrazine groups is 1. The molecule has 0 bridgehead atoms. The van der Waals surface area contributed by atoms with E-state index in [1.54, 1.807) is 0 Å². The lowest BCUT2D eigenvalue weighted by atomic mass is 9.98. The second kappa shape index (κ2) is 5.12. The molecule has 1 aromatic carbocycles. The van der Waals surface area contributed by atoms with Crippen molar-refractivity contribution in [2.45, 2.75) is 44.9 Å². The molecule has 0 aliphatic carbocycles. The molecule has 0 aromatic heterocycles. The summed E-state index contributed by atoms with van der Waals surface area (Å²) >= 11 is 0. The number of hydrogen-bond donors (Lipinski definition) is 2. The number of nitrogens with two attached hydrogens (primary N) is 1. The van der Waals surface area contributed by atoms with Crippen LogP contribution >= 0.6 is 0 Å². The van der Waals surface area contributed by atoms with Crippen molar-refractivity contribution in [2.24, 2.45) is 5.84 Å². The SMILES string of the molecule is Cc1cc(F)cc(C(NN)C2CCC(C)O2)c1. The highest BCUT2D eigenvalue weighted by atomic mass is 19.1. The van der Waals surface area contributed by atoms with E-state index >= 15 is 0 Å². The molecule has 3 atom stereocenters. The van der Waals surface area contributed by atoms with Crippen LogP contribution < -0.4 is 11.3 Å². The molecule has 1 aliphatic heterocycles. The molecule has 0 saturated carbocycles. The molecule has 1 aliphatic rings. The molecule has 3 nitrogen and oxygen atoms in total. The molecule has 4 heteroatoms. The Morgan fingerprint density at radius 1 is 1.41 bits per heavy atom. The fourth-order valence-corrected chi connectivity index (χ4v) is 2.44. The van der Waals surface area contributed by atoms with E-state index in [1.165, 1.54) is 12.1 Å². The van der Waals surface area contributed by atoms with Gasteiger partial charge in [0.25, 0.3) is 0 Å². The van der Waals surface area contributed by atoms with E-state index in [1.807, 2.05) is 19.9 Å². The quantitative estimate of drug-likeness (QED) is 0.627. The van der Waals surface area contributed by atoms with E-state index in [9.17, 15) is 4.39 Å². The normalized spacial score (nSPS) is 26.1. The van der Waals surface area contributed by atoms with Crippen molar-refractivity contribution < 1.29 is 9.13 Å². The van der Waals surface area contributed by atoms with Crippen molar-refractivity contribution in [1.82, 2.24) is 5.43 Å². The van der Waals surface area contributed by atoms with E-state index in [-0.39, 0.29) is 24.1 Å². The summed E-state index contributed by atoms with van der Waals surface area (Å²) in [5.74, 6) is 5.35. The molecule has 0 radical (unpaired) electrons. The van der Waals surface area contributed by atoms with E-state index in [2.05, 4.69) is 5.43 Å². The maximum atomic E-state index is 13.4. The monoisotopic (exact) mass is 238 g/mol. The van der Waals surface area contributed by atoms with Gasteiger partial charge in [-0.3, -0.25) is 11.3 Å². The standard InChI is InChI=1S/C13H19FN2O/c1-8-5-10(7-11(14)6-8)13(16-15)12-4-3-9(2)17-12/h5-7,9,12-13,16H,3-4,15H2,1-2H3. The topological polar surface area (TPSA) is 47.3 Å². The summed E-state index contributed by atoms with van der Waals surface area (Å²) in [5, 5.41) is 0. The molecular formula is C13H19FN2O. The minimum absolute atomic E-state index is 0.0243. The van der Waals surface area contributed by atoms with Gasteiger partial charge in [-0.2, -0.15) is 0 Å². The summed E-state index contributed by atoms with van der Waals surface area (Å²) in [6, 6.07) is 4.83. The summed E-state index contributed by atoms with van der Waals surface area (Å²) in [5.41, 5.74) is 4.49. The number of ether oxygens (including phenoxy) is 1. The Kier molecular flexibility index (Phi) is 3.76. The van der Waals surface area contributed by atoms with Crippen LogP contribution in [0.1, 0.15) is 36.9 Å². The van der Waals surface area contributed by atoms with Gasteiger partial charge < -0.3 is 4.74 Å². The van der Waals surface area contributed by atoms with Gasteiger partial charge in [0.15, 0.2) is 0 Å². The van der Waals surface area contributed by atoms with Gasteiger partial charge in [-0.25, -0.2) is 4.39 Å². The molecule has 1 heterocycles. The van der Waals surface area contributed by atoms with Gasteiger partial charge in [-0.1, -0.05) is 6.07 Å². The number of nitrogens with one attached hydrogen (secondary N) is 1. The van der Waals surface area contributed by atoms with Gasteiger partial charge in [0.2, 0.25) is 0 Å². The molecule has 1 saturated heterocycles. The van der Waals surface area contributed by atoms with Crippen LogP contribution in [0, 0.1) is 12.7 Å². The fraction of sp³-hybridized carbons (Fsp3) is 0.538. The smallest absolute Gasteiger partial charge is 0.123 e. The van der Waals surface area contributed by atoms with Crippen LogP contribution in [0.25, 0.3) is 0 Å². The van der Waals surface area contributed by atoms with Crippen molar-refractivity contribution >= 4 is 0 Å². The van der Waals surface area contributed by atoms with Gasteiger partial charge >= 0.3 is 0 Å². The van der Waals surface area contributed by atoms with E-state index < -0.39 is 0 Å². The first-order valence-electron chi connectivity index (χ1n) is 5.99. The Bertz CT molecular complexity index is 377. The molecule has 3 N–H and O–H groups in total. The van der Waals surface area contributed by atoms with E-state index in [0.29, 0.717) is 0 Å². The molecule has 1 aromatic rings. The molecule has 0 spiro atoms. The third kappa shape index (κ3) is 2.83. The first-order chi connectivity index (χ1) is 8.10. The predicted octanol–water partition coefficient (Wildman–Crippen LogP) is 2.21. The van der Waals surface area contributed by atoms with Crippen LogP contribution in [0.3, 0.4) is 0 Å². The second-order valence-corrected chi connectivity index (χ2v) is 4.77. The summed E-state index contributed by atoms with van der Waals surface area (Å²) in [7, 11) is 0. The van der Waals surface area contributed by atoms with Crippen LogP contribution in [-0.2, 0) is 4.74 Å². The highest BCUT2D eigenvalue weighted by molar-refractivity contribution is 5.27. The van der Waals surface area contributed by atoms with Gasteiger partial charge in [0.05, 0.1) is 18.2 Å². The number of rotatable bonds is 3.